The Morgan fingerprint density at radius 2 is 2.05 bits per heavy atom. The summed E-state index contributed by atoms with van der Waals surface area (Å²) in [4.78, 5) is 10.9. The Morgan fingerprint density at radius 1 is 1.42 bits per heavy atom. The number of thiophene rings is 1. The summed E-state index contributed by atoms with van der Waals surface area (Å²) in [7, 11) is 0. The molecule has 19 heavy (non-hydrogen) atoms. The van der Waals surface area contributed by atoms with E-state index in [4.69, 9.17) is 4.74 Å². The zero-order valence-corrected chi connectivity index (χ0v) is 12.3. The van der Waals surface area contributed by atoms with Gasteiger partial charge in [0, 0.05) is 15.4 Å². The highest BCUT2D eigenvalue weighted by atomic mass is 79.9. The van der Waals surface area contributed by atoms with Crippen molar-refractivity contribution in [1.82, 2.24) is 0 Å². The van der Waals surface area contributed by atoms with Crippen LogP contribution in [0.3, 0.4) is 0 Å². The maximum atomic E-state index is 10.9. The SMILES string of the molecule is C[C@@H](O)c1cc([N+](=O)[O-])c(Oc2ccc(Br)cc2)s1. The van der Waals surface area contributed by atoms with E-state index < -0.39 is 11.0 Å². The van der Waals surface area contributed by atoms with E-state index in [1.165, 1.54) is 6.07 Å². The largest absolute Gasteiger partial charge is 0.440 e. The van der Waals surface area contributed by atoms with Gasteiger partial charge in [-0.3, -0.25) is 10.1 Å². The summed E-state index contributed by atoms with van der Waals surface area (Å²) in [6.07, 6.45) is -0.758. The fourth-order valence-electron chi connectivity index (χ4n) is 1.40. The molecule has 0 unspecified atom stereocenters. The molecule has 0 radical (unpaired) electrons. The van der Waals surface area contributed by atoms with E-state index in [0.717, 1.165) is 15.8 Å². The molecule has 0 aliphatic heterocycles. The van der Waals surface area contributed by atoms with Gasteiger partial charge in [-0.15, -0.1) is 0 Å². The summed E-state index contributed by atoms with van der Waals surface area (Å²) in [6.45, 7) is 1.55. The van der Waals surface area contributed by atoms with E-state index in [-0.39, 0.29) is 10.8 Å². The van der Waals surface area contributed by atoms with Crippen molar-refractivity contribution in [3.8, 4) is 10.8 Å². The van der Waals surface area contributed by atoms with E-state index in [1.807, 2.05) is 0 Å². The smallest absolute Gasteiger partial charge is 0.323 e. The van der Waals surface area contributed by atoms with Crippen molar-refractivity contribution in [2.24, 2.45) is 0 Å². The van der Waals surface area contributed by atoms with Gasteiger partial charge in [-0.2, -0.15) is 0 Å². The molecule has 1 aromatic carbocycles. The minimum absolute atomic E-state index is 0.135. The molecule has 0 saturated carbocycles. The molecular formula is C12H10BrNO4S. The number of hydrogen-bond acceptors (Lipinski definition) is 5. The number of benzene rings is 1. The highest BCUT2D eigenvalue weighted by Gasteiger charge is 2.22. The van der Waals surface area contributed by atoms with Crippen LogP contribution < -0.4 is 4.74 Å². The lowest BCUT2D eigenvalue weighted by Crippen LogP contribution is -1.89. The van der Waals surface area contributed by atoms with Gasteiger partial charge >= 0.3 is 5.69 Å². The molecule has 0 fully saturated rings. The van der Waals surface area contributed by atoms with E-state index in [9.17, 15) is 15.2 Å². The van der Waals surface area contributed by atoms with Gasteiger partial charge in [-0.1, -0.05) is 27.3 Å². The molecule has 2 aromatic rings. The van der Waals surface area contributed by atoms with Gasteiger partial charge in [0.2, 0.25) is 0 Å². The average Bonchev–Trinajstić information content (AvgIpc) is 2.76. The van der Waals surface area contributed by atoms with Crippen LogP contribution in [0, 0.1) is 10.1 Å². The second kappa shape index (κ2) is 5.68. The number of aliphatic hydroxyl groups is 1. The average molecular weight is 344 g/mol. The first-order chi connectivity index (χ1) is 8.97. The van der Waals surface area contributed by atoms with Gasteiger partial charge in [0.1, 0.15) is 5.75 Å². The van der Waals surface area contributed by atoms with Crippen molar-refractivity contribution in [3.63, 3.8) is 0 Å². The molecule has 0 aliphatic rings. The first kappa shape index (κ1) is 14.0. The van der Waals surface area contributed by atoms with Crippen LogP contribution in [0.1, 0.15) is 17.9 Å². The fraction of sp³-hybridized carbons (Fsp3) is 0.167. The van der Waals surface area contributed by atoms with Crippen LogP contribution in [0.5, 0.6) is 10.8 Å². The predicted octanol–water partition coefficient (Wildman–Crippen LogP) is 4.26. The number of halogens is 1. The Morgan fingerprint density at radius 3 is 2.58 bits per heavy atom. The van der Waals surface area contributed by atoms with Crippen LogP contribution in [0.4, 0.5) is 5.69 Å². The molecule has 1 heterocycles. The Kier molecular flexibility index (Phi) is 4.18. The van der Waals surface area contributed by atoms with Crippen LogP contribution in [0.25, 0.3) is 0 Å². The first-order valence-corrected chi connectivity index (χ1v) is 6.98. The Labute approximate surface area is 121 Å². The second-order valence-electron chi connectivity index (χ2n) is 3.81. The lowest BCUT2D eigenvalue weighted by atomic mass is 10.3. The third kappa shape index (κ3) is 3.31. The van der Waals surface area contributed by atoms with Crippen molar-refractivity contribution < 1.29 is 14.8 Å². The van der Waals surface area contributed by atoms with Gasteiger partial charge in [-0.05, 0) is 31.2 Å². The summed E-state index contributed by atoms with van der Waals surface area (Å²) >= 11 is 4.37. The maximum Gasteiger partial charge on any atom is 0.323 e. The number of aliphatic hydroxyl groups excluding tert-OH is 1. The zero-order chi connectivity index (χ0) is 14.0. The second-order valence-corrected chi connectivity index (χ2v) is 5.77. The van der Waals surface area contributed by atoms with E-state index in [0.29, 0.717) is 10.6 Å². The third-order valence-corrected chi connectivity index (χ3v) is 4.03. The Bertz CT molecular complexity index is 594. The lowest BCUT2D eigenvalue weighted by Gasteiger charge is -2.02. The van der Waals surface area contributed by atoms with Crippen LogP contribution in [0.2, 0.25) is 0 Å². The molecule has 0 bridgehead atoms. The third-order valence-electron chi connectivity index (χ3n) is 2.33. The van der Waals surface area contributed by atoms with Crippen molar-refractivity contribution in [3.05, 3.63) is 49.8 Å². The van der Waals surface area contributed by atoms with Crippen molar-refractivity contribution >= 4 is 33.0 Å². The topological polar surface area (TPSA) is 72.6 Å². The summed E-state index contributed by atoms with van der Waals surface area (Å²) in [5, 5.41) is 20.6. The molecule has 1 N–H and O–H groups in total. The van der Waals surface area contributed by atoms with Crippen LogP contribution in [-0.4, -0.2) is 10.0 Å². The number of nitro groups is 1. The van der Waals surface area contributed by atoms with E-state index in [2.05, 4.69) is 15.9 Å². The number of rotatable bonds is 4. The number of nitrogens with zero attached hydrogens (tertiary/aromatic N) is 1. The molecular weight excluding hydrogens is 334 g/mol. The highest BCUT2D eigenvalue weighted by molar-refractivity contribution is 9.10. The number of ether oxygens (including phenoxy) is 1. The molecule has 1 aromatic heterocycles. The molecule has 0 spiro atoms. The Balaban J connectivity index is 2.33. The van der Waals surface area contributed by atoms with Gasteiger partial charge in [0.05, 0.1) is 11.0 Å². The molecule has 0 aliphatic carbocycles. The molecule has 2 rings (SSSR count). The minimum Gasteiger partial charge on any atom is -0.440 e. The van der Waals surface area contributed by atoms with Crippen molar-refractivity contribution in [1.29, 1.82) is 0 Å². The zero-order valence-electron chi connectivity index (χ0n) is 9.87. The summed E-state index contributed by atoms with van der Waals surface area (Å²) in [5.41, 5.74) is -0.135. The quantitative estimate of drug-likeness (QED) is 0.664. The van der Waals surface area contributed by atoms with Crippen molar-refractivity contribution in [2.45, 2.75) is 13.0 Å². The highest BCUT2D eigenvalue weighted by Crippen LogP contribution is 2.41. The molecule has 7 heteroatoms. The molecule has 100 valence electrons. The Hall–Kier alpha value is -1.44. The van der Waals surface area contributed by atoms with Gasteiger partial charge in [-0.25, -0.2) is 0 Å². The van der Waals surface area contributed by atoms with Crippen LogP contribution >= 0.6 is 27.3 Å². The summed E-state index contributed by atoms with van der Waals surface area (Å²) in [6, 6.07) is 8.31. The normalized spacial score (nSPS) is 12.2. The van der Waals surface area contributed by atoms with Gasteiger partial charge < -0.3 is 9.84 Å². The molecule has 0 amide bonds. The van der Waals surface area contributed by atoms with Crippen molar-refractivity contribution in [2.75, 3.05) is 0 Å². The molecule has 0 saturated heterocycles. The lowest BCUT2D eigenvalue weighted by molar-refractivity contribution is -0.385. The molecule has 5 nitrogen and oxygen atoms in total. The molecule has 1 atom stereocenters. The monoisotopic (exact) mass is 343 g/mol. The predicted molar refractivity (Wildman–Crippen MR) is 75.8 cm³/mol. The minimum atomic E-state index is -0.758. The summed E-state index contributed by atoms with van der Waals surface area (Å²) in [5.74, 6) is 0.505. The van der Waals surface area contributed by atoms with Gasteiger partial charge in [0.15, 0.2) is 0 Å². The first-order valence-electron chi connectivity index (χ1n) is 5.37. The van der Waals surface area contributed by atoms with Crippen LogP contribution in [-0.2, 0) is 0 Å². The maximum absolute atomic E-state index is 10.9. The fourth-order valence-corrected chi connectivity index (χ4v) is 2.59. The van der Waals surface area contributed by atoms with E-state index >= 15 is 0 Å². The summed E-state index contributed by atoms with van der Waals surface area (Å²) < 4.78 is 6.40. The standard InChI is InChI=1S/C12H10BrNO4S/c1-7(15)11-6-10(14(16)17)12(19-11)18-9-4-2-8(13)3-5-9/h2-7,15H,1H3/t7-/m1/s1. The van der Waals surface area contributed by atoms with Crippen LogP contribution in [0.15, 0.2) is 34.8 Å². The van der Waals surface area contributed by atoms with Gasteiger partial charge in [0.25, 0.3) is 5.06 Å². The van der Waals surface area contributed by atoms with E-state index in [1.54, 1.807) is 31.2 Å². The number of hydrogen-bond donors (Lipinski definition) is 1.